The molecule has 0 bridgehead atoms. The maximum absolute atomic E-state index is 11.5. The number of carbonyl (C=O) groups excluding carboxylic acids is 1. The van der Waals surface area contributed by atoms with Crippen molar-refractivity contribution in [2.75, 3.05) is 24.1 Å². The van der Waals surface area contributed by atoms with Crippen molar-refractivity contribution in [2.45, 2.75) is 32.8 Å². The Morgan fingerprint density at radius 1 is 1.26 bits per heavy atom. The second-order valence-corrected chi connectivity index (χ2v) is 6.34. The van der Waals surface area contributed by atoms with Crippen LogP contribution in [0.5, 0.6) is 0 Å². The normalized spacial score (nSPS) is 11.3. The molecule has 0 aliphatic carbocycles. The number of anilines is 2. The molecule has 23 heavy (non-hydrogen) atoms. The second-order valence-electron chi connectivity index (χ2n) is 6.34. The summed E-state index contributed by atoms with van der Waals surface area (Å²) in [7, 11) is 0. The molecule has 0 aliphatic heterocycles. The highest BCUT2D eigenvalue weighted by atomic mass is 16.6. The number of ether oxygens (including phenoxy) is 1. The molecule has 0 atom stereocenters. The van der Waals surface area contributed by atoms with Crippen LogP contribution in [0.3, 0.4) is 0 Å². The number of rotatable bonds is 5. The summed E-state index contributed by atoms with van der Waals surface area (Å²) in [6, 6.07) is 7.60. The lowest BCUT2D eigenvalue weighted by atomic mass is 10.1. The van der Waals surface area contributed by atoms with Crippen molar-refractivity contribution >= 4 is 28.4 Å². The monoisotopic (exact) mass is 316 g/mol. The molecule has 6 nitrogen and oxygen atoms in total. The van der Waals surface area contributed by atoms with E-state index in [9.17, 15) is 4.79 Å². The average molecular weight is 316 g/mol. The summed E-state index contributed by atoms with van der Waals surface area (Å²) >= 11 is 0. The van der Waals surface area contributed by atoms with Crippen molar-refractivity contribution in [3.63, 3.8) is 0 Å². The van der Waals surface area contributed by atoms with Crippen molar-refractivity contribution in [3.05, 3.63) is 30.5 Å². The third-order valence-corrected chi connectivity index (χ3v) is 3.10. The van der Waals surface area contributed by atoms with Crippen LogP contribution < -0.4 is 16.4 Å². The Labute approximate surface area is 136 Å². The van der Waals surface area contributed by atoms with Gasteiger partial charge < -0.3 is 21.1 Å². The molecule has 2 aromatic rings. The SMILES string of the molecule is CC(C)(C)OC(=O)NCCCNc1ccnc2cc(N)ccc12. The highest BCUT2D eigenvalue weighted by Crippen LogP contribution is 2.23. The molecule has 0 aliphatic rings. The molecule has 1 aromatic carbocycles. The summed E-state index contributed by atoms with van der Waals surface area (Å²) in [5.74, 6) is 0. The molecule has 1 heterocycles. The molecule has 2 rings (SSSR count). The highest BCUT2D eigenvalue weighted by molar-refractivity contribution is 5.92. The van der Waals surface area contributed by atoms with E-state index in [1.54, 1.807) is 6.20 Å². The van der Waals surface area contributed by atoms with Crippen LogP contribution in [0.2, 0.25) is 0 Å². The predicted octanol–water partition coefficient (Wildman–Crippen LogP) is 3.14. The van der Waals surface area contributed by atoms with E-state index in [0.29, 0.717) is 12.2 Å². The van der Waals surface area contributed by atoms with Crippen LogP contribution in [-0.4, -0.2) is 29.8 Å². The number of nitrogen functional groups attached to an aromatic ring is 1. The number of nitrogens with zero attached hydrogens (tertiary/aromatic N) is 1. The van der Waals surface area contributed by atoms with Crippen LogP contribution in [-0.2, 0) is 4.74 Å². The van der Waals surface area contributed by atoms with Crippen molar-refractivity contribution < 1.29 is 9.53 Å². The van der Waals surface area contributed by atoms with Gasteiger partial charge in [-0.2, -0.15) is 0 Å². The number of amides is 1. The van der Waals surface area contributed by atoms with Gasteiger partial charge in [0.25, 0.3) is 0 Å². The van der Waals surface area contributed by atoms with E-state index in [1.807, 2.05) is 45.0 Å². The number of pyridine rings is 1. The van der Waals surface area contributed by atoms with Gasteiger partial charge in [-0.1, -0.05) is 0 Å². The highest BCUT2D eigenvalue weighted by Gasteiger charge is 2.15. The average Bonchev–Trinajstić information content (AvgIpc) is 2.44. The summed E-state index contributed by atoms with van der Waals surface area (Å²) < 4.78 is 5.18. The molecule has 0 radical (unpaired) electrons. The first-order valence-corrected chi connectivity index (χ1v) is 7.70. The minimum Gasteiger partial charge on any atom is -0.444 e. The third-order valence-electron chi connectivity index (χ3n) is 3.10. The molecular formula is C17H24N4O2. The van der Waals surface area contributed by atoms with Crippen molar-refractivity contribution in [1.29, 1.82) is 0 Å². The van der Waals surface area contributed by atoms with Gasteiger partial charge in [-0.3, -0.25) is 4.98 Å². The van der Waals surface area contributed by atoms with E-state index < -0.39 is 5.60 Å². The molecule has 4 N–H and O–H groups in total. The number of nitrogens with one attached hydrogen (secondary N) is 2. The van der Waals surface area contributed by atoms with Gasteiger partial charge in [0, 0.05) is 36.0 Å². The molecule has 0 saturated carbocycles. The number of aromatic nitrogens is 1. The van der Waals surface area contributed by atoms with E-state index >= 15 is 0 Å². The fraction of sp³-hybridized carbons (Fsp3) is 0.412. The lowest BCUT2D eigenvalue weighted by Crippen LogP contribution is -2.33. The number of alkyl carbamates (subject to hydrolysis) is 1. The summed E-state index contributed by atoms with van der Waals surface area (Å²) in [5.41, 5.74) is 7.87. The van der Waals surface area contributed by atoms with E-state index in [0.717, 1.165) is 29.6 Å². The fourth-order valence-corrected chi connectivity index (χ4v) is 2.14. The summed E-state index contributed by atoms with van der Waals surface area (Å²) in [6.07, 6.45) is 2.16. The van der Waals surface area contributed by atoms with Gasteiger partial charge in [0.1, 0.15) is 5.60 Å². The van der Waals surface area contributed by atoms with Gasteiger partial charge in [-0.15, -0.1) is 0 Å². The van der Waals surface area contributed by atoms with Gasteiger partial charge in [0.05, 0.1) is 5.52 Å². The van der Waals surface area contributed by atoms with E-state index in [1.165, 1.54) is 0 Å². The Hall–Kier alpha value is -2.50. The molecule has 0 unspecified atom stereocenters. The number of benzene rings is 1. The number of nitrogens with two attached hydrogens (primary N) is 1. The Bertz CT molecular complexity index is 680. The Kier molecular flexibility index (Phi) is 5.26. The molecule has 6 heteroatoms. The lowest BCUT2D eigenvalue weighted by Gasteiger charge is -2.19. The second kappa shape index (κ2) is 7.17. The Morgan fingerprint density at radius 2 is 2.04 bits per heavy atom. The van der Waals surface area contributed by atoms with Gasteiger partial charge in [0.2, 0.25) is 0 Å². The largest absolute Gasteiger partial charge is 0.444 e. The van der Waals surface area contributed by atoms with Crippen LogP contribution in [0.4, 0.5) is 16.2 Å². The third kappa shape index (κ3) is 5.32. The summed E-state index contributed by atoms with van der Waals surface area (Å²) in [4.78, 5) is 15.8. The molecular weight excluding hydrogens is 292 g/mol. The molecule has 1 amide bonds. The molecule has 0 fully saturated rings. The first kappa shape index (κ1) is 16.9. The zero-order chi connectivity index (χ0) is 16.9. The maximum atomic E-state index is 11.5. The summed E-state index contributed by atoms with van der Waals surface area (Å²) in [6.45, 7) is 6.82. The molecule has 1 aromatic heterocycles. The van der Waals surface area contributed by atoms with Crippen LogP contribution in [0.1, 0.15) is 27.2 Å². The molecule has 0 spiro atoms. The van der Waals surface area contributed by atoms with Gasteiger partial charge >= 0.3 is 6.09 Å². The Balaban J connectivity index is 1.80. The van der Waals surface area contributed by atoms with Crippen LogP contribution >= 0.6 is 0 Å². The van der Waals surface area contributed by atoms with Crippen LogP contribution in [0.15, 0.2) is 30.5 Å². The number of fused-ring (bicyclic) bond motifs is 1. The maximum Gasteiger partial charge on any atom is 0.407 e. The smallest absolute Gasteiger partial charge is 0.407 e. The zero-order valence-corrected chi connectivity index (χ0v) is 13.8. The van der Waals surface area contributed by atoms with E-state index in [-0.39, 0.29) is 6.09 Å². The summed E-state index contributed by atoms with van der Waals surface area (Å²) in [5, 5.41) is 7.13. The quantitative estimate of drug-likeness (QED) is 0.582. The van der Waals surface area contributed by atoms with E-state index in [2.05, 4.69) is 15.6 Å². The van der Waals surface area contributed by atoms with Gasteiger partial charge in [-0.05, 0) is 51.5 Å². The van der Waals surface area contributed by atoms with Gasteiger partial charge in [0.15, 0.2) is 0 Å². The molecule has 124 valence electrons. The number of hydrogen-bond acceptors (Lipinski definition) is 5. The number of hydrogen-bond donors (Lipinski definition) is 3. The minimum atomic E-state index is -0.472. The van der Waals surface area contributed by atoms with Crippen LogP contribution in [0, 0.1) is 0 Å². The van der Waals surface area contributed by atoms with Gasteiger partial charge in [-0.25, -0.2) is 4.79 Å². The Morgan fingerprint density at radius 3 is 2.78 bits per heavy atom. The molecule has 0 saturated heterocycles. The topological polar surface area (TPSA) is 89.3 Å². The minimum absolute atomic E-state index is 0.387. The lowest BCUT2D eigenvalue weighted by molar-refractivity contribution is 0.0528. The van der Waals surface area contributed by atoms with Crippen molar-refractivity contribution in [3.8, 4) is 0 Å². The van der Waals surface area contributed by atoms with Crippen molar-refractivity contribution in [2.24, 2.45) is 0 Å². The predicted molar refractivity (Wildman–Crippen MR) is 93.5 cm³/mol. The first-order valence-electron chi connectivity index (χ1n) is 7.70. The fourth-order valence-electron chi connectivity index (χ4n) is 2.14. The first-order chi connectivity index (χ1) is 10.8. The van der Waals surface area contributed by atoms with Crippen molar-refractivity contribution in [1.82, 2.24) is 10.3 Å². The number of carbonyl (C=O) groups is 1. The van der Waals surface area contributed by atoms with E-state index in [4.69, 9.17) is 10.5 Å². The standard InChI is InChI=1S/C17H24N4O2/c1-17(2,3)23-16(22)21-9-4-8-19-14-7-10-20-15-11-12(18)5-6-13(14)15/h5-7,10-11H,4,8-9,18H2,1-3H3,(H,19,20)(H,21,22). The van der Waals surface area contributed by atoms with Crippen LogP contribution in [0.25, 0.3) is 10.9 Å². The zero-order valence-electron chi connectivity index (χ0n) is 13.8.